The third-order valence-electron chi connectivity index (χ3n) is 5.22. The highest BCUT2D eigenvalue weighted by Crippen LogP contribution is 2.41. The third-order valence-corrected chi connectivity index (χ3v) is 5.22. The number of likely N-dealkylation sites (tertiary alicyclic amines) is 1. The van der Waals surface area contributed by atoms with Gasteiger partial charge in [-0.3, -0.25) is 9.69 Å². The van der Waals surface area contributed by atoms with Crippen LogP contribution in [0.1, 0.15) is 29.8 Å². The van der Waals surface area contributed by atoms with E-state index < -0.39 is 5.91 Å². The first-order valence-corrected chi connectivity index (χ1v) is 7.43. The van der Waals surface area contributed by atoms with Crippen molar-refractivity contribution in [3.63, 3.8) is 0 Å². The fourth-order valence-electron chi connectivity index (χ4n) is 3.81. The normalized spacial score (nSPS) is 27.8. The molecule has 2 heterocycles. The average Bonchev–Trinajstić information content (AvgIpc) is 2.96. The van der Waals surface area contributed by atoms with Gasteiger partial charge in [-0.05, 0) is 44.4 Å². The molecule has 3 N–H and O–H groups in total. The Hall–Kier alpha value is -1.46. The number of rotatable bonds is 3. The van der Waals surface area contributed by atoms with Crippen LogP contribution in [0.2, 0.25) is 0 Å². The van der Waals surface area contributed by atoms with Crippen molar-refractivity contribution in [1.82, 2.24) is 10.2 Å². The number of hydrogen-bond donors (Lipinski definition) is 2. The summed E-state index contributed by atoms with van der Waals surface area (Å²) in [7, 11) is 0. The van der Waals surface area contributed by atoms with E-state index >= 15 is 0 Å². The minimum absolute atomic E-state index is 0.0585. The smallest absolute Gasteiger partial charge is 0.248 e. The molecule has 2 aliphatic rings. The minimum Gasteiger partial charge on any atom is -0.366 e. The topological polar surface area (TPSA) is 58.4 Å². The lowest BCUT2D eigenvalue weighted by molar-refractivity contribution is 0.0999. The molecule has 0 radical (unpaired) electrons. The van der Waals surface area contributed by atoms with Crippen molar-refractivity contribution in [2.45, 2.75) is 25.9 Å². The van der Waals surface area contributed by atoms with Crippen LogP contribution in [-0.2, 0) is 6.54 Å². The van der Waals surface area contributed by atoms with Gasteiger partial charge in [-0.1, -0.05) is 6.07 Å². The Kier molecular flexibility index (Phi) is 3.50. The van der Waals surface area contributed by atoms with Crippen LogP contribution in [0.5, 0.6) is 0 Å². The maximum Gasteiger partial charge on any atom is 0.248 e. The Labute approximate surface area is 124 Å². The summed E-state index contributed by atoms with van der Waals surface area (Å²) < 4.78 is 14.2. The van der Waals surface area contributed by atoms with Gasteiger partial charge in [-0.15, -0.1) is 0 Å². The SMILES string of the molecule is CC1(C)C2CNCC2CN1Cc1ccc(C(N)=O)cc1F. The predicted molar refractivity (Wildman–Crippen MR) is 79.3 cm³/mol. The molecule has 1 amide bonds. The van der Waals surface area contributed by atoms with E-state index in [2.05, 4.69) is 24.1 Å². The highest BCUT2D eigenvalue weighted by Gasteiger charge is 2.49. The fourth-order valence-corrected chi connectivity index (χ4v) is 3.81. The van der Waals surface area contributed by atoms with Gasteiger partial charge in [0.05, 0.1) is 0 Å². The maximum absolute atomic E-state index is 14.2. The molecule has 2 aliphatic heterocycles. The summed E-state index contributed by atoms with van der Waals surface area (Å²) in [5.74, 6) is 0.318. The van der Waals surface area contributed by atoms with E-state index in [1.807, 2.05) is 0 Å². The molecule has 1 aromatic carbocycles. The van der Waals surface area contributed by atoms with Crippen LogP contribution in [-0.4, -0.2) is 36.0 Å². The van der Waals surface area contributed by atoms with Crippen molar-refractivity contribution in [2.24, 2.45) is 17.6 Å². The zero-order valence-corrected chi connectivity index (χ0v) is 12.5. The molecule has 0 bridgehead atoms. The molecule has 114 valence electrons. The number of primary amides is 1. The van der Waals surface area contributed by atoms with Crippen molar-refractivity contribution >= 4 is 5.91 Å². The lowest BCUT2D eigenvalue weighted by Gasteiger charge is -2.35. The van der Waals surface area contributed by atoms with Crippen molar-refractivity contribution in [3.8, 4) is 0 Å². The van der Waals surface area contributed by atoms with E-state index in [1.165, 1.54) is 6.07 Å². The van der Waals surface area contributed by atoms with Crippen molar-refractivity contribution in [3.05, 3.63) is 35.1 Å². The Bertz CT molecular complexity index is 573. The highest BCUT2D eigenvalue weighted by molar-refractivity contribution is 5.92. The fraction of sp³-hybridized carbons (Fsp3) is 0.562. The van der Waals surface area contributed by atoms with Crippen molar-refractivity contribution in [2.75, 3.05) is 19.6 Å². The molecule has 2 fully saturated rings. The molecule has 1 aromatic rings. The molecule has 0 aliphatic carbocycles. The first kappa shape index (κ1) is 14.5. The molecule has 21 heavy (non-hydrogen) atoms. The number of fused-ring (bicyclic) bond motifs is 1. The molecular formula is C16H22FN3O. The van der Waals surface area contributed by atoms with Gasteiger partial charge >= 0.3 is 0 Å². The number of carbonyl (C=O) groups is 1. The molecule has 3 rings (SSSR count). The summed E-state index contributed by atoms with van der Waals surface area (Å²) >= 11 is 0. The van der Waals surface area contributed by atoms with Crippen LogP contribution in [0.4, 0.5) is 4.39 Å². The predicted octanol–water partition coefficient (Wildman–Crippen LogP) is 1.35. The number of halogens is 1. The largest absolute Gasteiger partial charge is 0.366 e. The number of nitrogens with two attached hydrogens (primary N) is 1. The van der Waals surface area contributed by atoms with E-state index in [4.69, 9.17) is 5.73 Å². The van der Waals surface area contributed by atoms with Crippen molar-refractivity contribution in [1.29, 1.82) is 0 Å². The molecule has 0 saturated carbocycles. The van der Waals surface area contributed by atoms with E-state index in [0.29, 0.717) is 23.9 Å². The van der Waals surface area contributed by atoms with Gasteiger partial charge in [-0.2, -0.15) is 0 Å². The number of nitrogens with one attached hydrogen (secondary N) is 1. The van der Waals surface area contributed by atoms with Gasteiger partial charge in [0.2, 0.25) is 5.91 Å². The second kappa shape index (κ2) is 5.07. The molecule has 0 spiro atoms. The van der Waals surface area contributed by atoms with Crippen LogP contribution in [0.15, 0.2) is 18.2 Å². The summed E-state index contributed by atoms with van der Waals surface area (Å²) in [4.78, 5) is 13.4. The zero-order chi connectivity index (χ0) is 15.2. The Morgan fingerprint density at radius 1 is 1.48 bits per heavy atom. The van der Waals surface area contributed by atoms with Crippen LogP contribution in [0.3, 0.4) is 0 Å². The number of hydrogen-bond acceptors (Lipinski definition) is 3. The van der Waals surface area contributed by atoms with Gasteiger partial charge in [0, 0.05) is 36.3 Å². The second-order valence-electron chi connectivity index (χ2n) is 6.73. The van der Waals surface area contributed by atoms with E-state index in [-0.39, 0.29) is 16.9 Å². The lowest BCUT2D eigenvalue weighted by atomic mass is 9.85. The average molecular weight is 291 g/mol. The molecule has 5 heteroatoms. The Balaban J connectivity index is 1.79. The summed E-state index contributed by atoms with van der Waals surface area (Å²) in [5, 5.41) is 3.44. The van der Waals surface area contributed by atoms with E-state index in [1.54, 1.807) is 12.1 Å². The van der Waals surface area contributed by atoms with Gasteiger partial charge in [-0.25, -0.2) is 4.39 Å². The molecule has 2 saturated heterocycles. The third kappa shape index (κ3) is 2.45. The molecule has 4 nitrogen and oxygen atoms in total. The number of benzene rings is 1. The lowest BCUT2D eigenvalue weighted by Crippen LogP contribution is -2.44. The highest BCUT2D eigenvalue weighted by atomic mass is 19.1. The van der Waals surface area contributed by atoms with E-state index in [9.17, 15) is 9.18 Å². The summed E-state index contributed by atoms with van der Waals surface area (Å²) in [5.41, 5.74) is 6.08. The maximum atomic E-state index is 14.2. The quantitative estimate of drug-likeness (QED) is 0.884. The molecular weight excluding hydrogens is 269 g/mol. The van der Waals surface area contributed by atoms with Crippen molar-refractivity contribution < 1.29 is 9.18 Å². The van der Waals surface area contributed by atoms with Gasteiger partial charge in [0.15, 0.2) is 0 Å². The first-order valence-electron chi connectivity index (χ1n) is 7.43. The molecule has 0 aromatic heterocycles. The molecule has 2 atom stereocenters. The van der Waals surface area contributed by atoms with Gasteiger partial charge < -0.3 is 11.1 Å². The number of nitrogens with zero attached hydrogens (tertiary/aromatic N) is 1. The summed E-state index contributed by atoms with van der Waals surface area (Å²) in [6, 6.07) is 4.52. The summed E-state index contributed by atoms with van der Waals surface area (Å²) in [6.07, 6.45) is 0. The Morgan fingerprint density at radius 3 is 2.86 bits per heavy atom. The summed E-state index contributed by atoms with van der Waals surface area (Å²) in [6.45, 7) is 8.12. The molecule has 2 unspecified atom stereocenters. The van der Waals surface area contributed by atoms with Crippen LogP contribution >= 0.6 is 0 Å². The van der Waals surface area contributed by atoms with Crippen LogP contribution in [0.25, 0.3) is 0 Å². The van der Waals surface area contributed by atoms with Crippen LogP contribution in [0, 0.1) is 17.7 Å². The van der Waals surface area contributed by atoms with Gasteiger partial charge in [0.25, 0.3) is 0 Å². The number of carbonyl (C=O) groups excluding carboxylic acids is 1. The number of amides is 1. The monoisotopic (exact) mass is 291 g/mol. The van der Waals surface area contributed by atoms with Crippen LogP contribution < -0.4 is 11.1 Å². The first-order chi connectivity index (χ1) is 9.89. The zero-order valence-electron chi connectivity index (χ0n) is 12.5. The minimum atomic E-state index is -0.595. The second-order valence-corrected chi connectivity index (χ2v) is 6.73. The Morgan fingerprint density at radius 2 is 2.24 bits per heavy atom. The van der Waals surface area contributed by atoms with E-state index in [0.717, 1.165) is 19.6 Å². The van der Waals surface area contributed by atoms with Gasteiger partial charge in [0.1, 0.15) is 5.82 Å². The standard InChI is InChI=1S/C16H22FN3O/c1-16(2)13-7-19-6-12(13)9-20(16)8-11-4-3-10(15(18)21)5-14(11)17/h3-5,12-13,19H,6-9H2,1-2H3,(H2,18,21).